The summed E-state index contributed by atoms with van der Waals surface area (Å²) >= 11 is 0. The maximum Gasteiger partial charge on any atom is 0.309 e. The summed E-state index contributed by atoms with van der Waals surface area (Å²) in [5.74, 6) is -1.66. The first kappa shape index (κ1) is 31.1. The Bertz CT molecular complexity index is 501. The number of aliphatic hydroxyl groups excluding tert-OH is 1. The van der Waals surface area contributed by atoms with Gasteiger partial charge in [-0.15, -0.1) is 0 Å². The van der Waals surface area contributed by atoms with Crippen LogP contribution >= 0.6 is 0 Å². The van der Waals surface area contributed by atoms with Gasteiger partial charge in [0.1, 0.15) is 0 Å². The van der Waals surface area contributed by atoms with Gasteiger partial charge in [0.25, 0.3) is 0 Å². The summed E-state index contributed by atoms with van der Waals surface area (Å²) < 4.78 is 11.9. The molecule has 0 amide bonds. The molecule has 0 aliphatic carbocycles. The van der Waals surface area contributed by atoms with Crippen LogP contribution in [0, 0.1) is 5.92 Å². The van der Waals surface area contributed by atoms with Gasteiger partial charge in [-0.2, -0.15) is 0 Å². The van der Waals surface area contributed by atoms with E-state index in [1.807, 2.05) is 6.92 Å². The number of aliphatic carboxylic acids is 1. The first-order valence-corrected chi connectivity index (χ1v) is 14.4. The maximum atomic E-state index is 11.4. The summed E-state index contributed by atoms with van der Waals surface area (Å²) in [6.45, 7) is 4.80. The second kappa shape index (κ2) is 21.4. The zero-order valence-corrected chi connectivity index (χ0v) is 22.2. The molecule has 4 atom stereocenters. The SMILES string of the molecule is CCCCCCCCC=CCCCCCCC[C@H](C[C@H](O)[C@H](CC)C(=O)O)OC1CCCCO1. The lowest BCUT2D eigenvalue weighted by molar-refractivity contribution is -0.196. The zero-order valence-electron chi connectivity index (χ0n) is 22.2. The van der Waals surface area contributed by atoms with E-state index in [2.05, 4.69) is 19.1 Å². The highest BCUT2D eigenvalue weighted by Crippen LogP contribution is 2.24. The predicted molar refractivity (Wildman–Crippen MR) is 140 cm³/mol. The van der Waals surface area contributed by atoms with E-state index >= 15 is 0 Å². The molecule has 0 aromatic carbocycles. The number of hydrogen-bond acceptors (Lipinski definition) is 4. The molecular weight excluding hydrogens is 428 g/mol. The standard InChI is InChI=1S/C29H54O5/c1-3-5-6-7-8-9-10-11-12-13-14-15-16-17-18-21-25(34-28-22-19-20-23-33-28)24-27(30)26(4-2)29(31)32/h11-12,25-28,30H,3-10,13-24H2,1-2H3,(H,31,32)/t25-,26+,27+,28?/m1/s1. The number of carboxylic acid groups (broad SMARTS) is 1. The minimum Gasteiger partial charge on any atom is -0.481 e. The van der Waals surface area contributed by atoms with Gasteiger partial charge in [-0.05, 0) is 57.8 Å². The highest BCUT2D eigenvalue weighted by molar-refractivity contribution is 5.70. The summed E-state index contributed by atoms with van der Waals surface area (Å²) in [6.07, 6.45) is 24.7. The Labute approximate surface area is 209 Å². The molecule has 1 fully saturated rings. The van der Waals surface area contributed by atoms with Crippen LogP contribution in [0.15, 0.2) is 12.2 Å². The van der Waals surface area contributed by atoms with Gasteiger partial charge in [-0.25, -0.2) is 0 Å². The van der Waals surface area contributed by atoms with Crippen LogP contribution in [0.5, 0.6) is 0 Å². The fourth-order valence-electron chi connectivity index (χ4n) is 4.76. The van der Waals surface area contributed by atoms with E-state index in [1.165, 1.54) is 70.6 Å². The fourth-order valence-corrected chi connectivity index (χ4v) is 4.76. The predicted octanol–water partition coefficient (Wildman–Crippen LogP) is 7.80. The fraction of sp³-hybridized carbons (Fsp3) is 0.897. The molecule has 0 aromatic heterocycles. The van der Waals surface area contributed by atoms with Crippen molar-refractivity contribution in [2.24, 2.45) is 5.92 Å². The second-order valence-corrected chi connectivity index (χ2v) is 10.1. The van der Waals surface area contributed by atoms with Crippen LogP contribution in [0.2, 0.25) is 0 Å². The van der Waals surface area contributed by atoms with E-state index in [4.69, 9.17) is 9.47 Å². The van der Waals surface area contributed by atoms with Crippen LogP contribution < -0.4 is 0 Å². The molecule has 1 aliphatic rings. The number of unbranched alkanes of at least 4 members (excludes halogenated alkanes) is 11. The Morgan fingerprint density at radius 3 is 2.12 bits per heavy atom. The van der Waals surface area contributed by atoms with Crippen LogP contribution in [-0.4, -0.2) is 41.3 Å². The van der Waals surface area contributed by atoms with Crippen molar-refractivity contribution in [2.75, 3.05) is 6.61 Å². The molecular formula is C29H54O5. The van der Waals surface area contributed by atoms with Gasteiger partial charge >= 0.3 is 5.97 Å². The van der Waals surface area contributed by atoms with Gasteiger partial charge in [0.2, 0.25) is 0 Å². The normalized spacial score (nSPS) is 19.3. The molecule has 200 valence electrons. The minimum atomic E-state index is -0.927. The van der Waals surface area contributed by atoms with Crippen LogP contribution in [0.1, 0.15) is 136 Å². The molecule has 0 aromatic rings. The molecule has 1 unspecified atom stereocenters. The first-order chi connectivity index (χ1) is 16.6. The molecule has 34 heavy (non-hydrogen) atoms. The van der Waals surface area contributed by atoms with Gasteiger partial charge in [-0.1, -0.05) is 83.8 Å². The number of rotatable bonds is 22. The van der Waals surface area contributed by atoms with E-state index in [0.717, 1.165) is 45.1 Å². The third-order valence-corrected chi connectivity index (χ3v) is 7.00. The quantitative estimate of drug-likeness (QED) is 0.122. The molecule has 2 N–H and O–H groups in total. The van der Waals surface area contributed by atoms with Crippen molar-refractivity contribution in [3.05, 3.63) is 12.2 Å². The van der Waals surface area contributed by atoms with E-state index in [0.29, 0.717) is 12.8 Å². The lowest BCUT2D eigenvalue weighted by Gasteiger charge is -2.30. The van der Waals surface area contributed by atoms with Gasteiger partial charge in [0.05, 0.1) is 18.1 Å². The highest BCUT2D eigenvalue weighted by Gasteiger charge is 2.29. The molecule has 5 nitrogen and oxygen atoms in total. The summed E-state index contributed by atoms with van der Waals surface area (Å²) in [7, 11) is 0. The van der Waals surface area contributed by atoms with Gasteiger partial charge < -0.3 is 19.7 Å². The largest absolute Gasteiger partial charge is 0.481 e. The average Bonchev–Trinajstić information content (AvgIpc) is 2.82. The first-order valence-electron chi connectivity index (χ1n) is 14.4. The number of carbonyl (C=O) groups is 1. The molecule has 0 radical (unpaired) electrons. The van der Waals surface area contributed by atoms with Gasteiger partial charge in [0, 0.05) is 13.0 Å². The van der Waals surface area contributed by atoms with Crippen molar-refractivity contribution in [3.8, 4) is 0 Å². The monoisotopic (exact) mass is 482 g/mol. The molecule has 1 saturated heterocycles. The number of carboxylic acids is 1. The van der Waals surface area contributed by atoms with Crippen molar-refractivity contribution in [1.29, 1.82) is 0 Å². The van der Waals surface area contributed by atoms with Crippen LogP contribution in [0.4, 0.5) is 0 Å². The average molecular weight is 483 g/mol. The summed E-state index contributed by atoms with van der Waals surface area (Å²) in [5.41, 5.74) is 0. The third kappa shape index (κ3) is 15.9. The van der Waals surface area contributed by atoms with Crippen molar-refractivity contribution in [1.82, 2.24) is 0 Å². The van der Waals surface area contributed by atoms with Crippen molar-refractivity contribution in [2.45, 2.75) is 154 Å². The zero-order chi connectivity index (χ0) is 24.9. The maximum absolute atomic E-state index is 11.4. The Kier molecular flexibility index (Phi) is 19.6. The molecule has 1 rings (SSSR count). The smallest absolute Gasteiger partial charge is 0.309 e. The van der Waals surface area contributed by atoms with Crippen LogP contribution in [0.25, 0.3) is 0 Å². The Hall–Kier alpha value is -0.910. The summed E-state index contributed by atoms with van der Waals surface area (Å²) in [4.78, 5) is 11.4. The summed E-state index contributed by atoms with van der Waals surface area (Å²) in [6, 6.07) is 0. The topological polar surface area (TPSA) is 76.0 Å². The molecule has 0 bridgehead atoms. The van der Waals surface area contributed by atoms with Crippen LogP contribution in [-0.2, 0) is 14.3 Å². The lowest BCUT2D eigenvalue weighted by Crippen LogP contribution is -2.35. The summed E-state index contributed by atoms with van der Waals surface area (Å²) in [5, 5.41) is 19.9. The third-order valence-electron chi connectivity index (χ3n) is 7.00. The van der Waals surface area contributed by atoms with Gasteiger partial charge in [0.15, 0.2) is 6.29 Å². The molecule has 0 spiro atoms. The number of ether oxygens (including phenoxy) is 2. The molecule has 0 saturated carbocycles. The second-order valence-electron chi connectivity index (χ2n) is 10.1. The molecule has 1 aliphatic heterocycles. The van der Waals surface area contributed by atoms with Crippen molar-refractivity contribution < 1.29 is 24.5 Å². The molecule has 5 heteroatoms. The van der Waals surface area contributed by atoms with E-state index < -0.39 is 18.0 Å². The minimum absolute atomic E-state index is 0.142. The Balaban J connectivity index is 2.18. The van der Waals surface area contributed by atoms with Crippen LogP contribution in [0.3, 0.4) is 0 Å². The van der Waals surface area contributed by atoms with E-state index in [-0.39, 0.29) is 12.4 Å². The van der Waals surface area contributed by atoms with E-state index in [9.17, 15) is 15.0 Å². The number of hydrogen-bond donors (Lipinski definition) is 2. The van der Waals surface area contributed by atoms with Gasteiger partial charge in [-0.3, -0.25) is 4.79 Å². The van der Waals surface area contributed by atoms with E-state index in [1.54, 1.807) is 0 Å². The number of allylic oxidation sites excluding steroid dienone is 2. The highest BCUT2D eigenvalue weighted by atomic mass is 16.7. The Morgan fingerprint density at radius 1 is 0.941 bits per heavy atom. The Morgan fingerprint density at radius 2 is 1.56 bits per heavy atom. The van der Waals surface area contributed by atoms with Crippen molar-refractivity contribution >= 4 is 5.97 Å². The lowest BCUT2D eigenvalue weighted by atomic mass is 9.93. The van der Waals surface area contributed by atoms with Crippen molar-refractivity contribution in [3.63, 3.8) is 0 Å². The molecule has 1 heterocycles. The number of aliphatic hydroxyl groups is 1.